The van der Waals surface area contributed by atoms with E-state index in [1.54, 1.807) is 0 Å². The highest BCUT2D eigenvalue weighted by Gasteiger charge is 2.03. The molecule has 0 rings (SSSR count). The van der Waals surface area contributed by atoms with Crippen LogP contribution < -0.4 is 5.43 Å². The Hall–Kier alpha value is -0.160. The van der Waals surface area contributed by atoms with Crippen LogP contribution in [0.3, 0.4) is 0 Å². The molecule has 3 N–H and O–H groups in total. The highest BCUT2D eigenvalue weighted by atomic mass is 16.3. The fraction of sp³-hybridized carbons (Fsp3) is 1.00. The molecule has 0 aromatic carbocycles. The molecule has 0 spiro atoms. The fourth-order valence-corrected chi connectivity index (χ4v) is 0.847. The van der Waals surface area contributed by atoms with Crippen molar-refractivity contribution < 1.29 is 10.2 Å². The quantitative estimate of drug-likeness (QED) is 0.447. The number of hydrogen-bond acceptors (Lipinski definition) is 4. The van der Waals surface area contributed by atoms with Crippen LogP contribution in [-0.2, 0) is 0 Å². The highest BCUT2D eigenvalue weighted by molar-refractivity contribution is 4.53. The number of rotatable bonds is 6. The molecular formula is C7H18N2O2. The number of hydrogen-bond donors (Lipinski definition) is 3. The molecule has 0 radical (unpaired) electrons. The second-order valence-electron chi connectivity index (χ2n) is 2.72. The molecule has 0 fully saturated rings. The van der Waals surface area contributed by atoms with Crippen LogP contribution in [0, 0.1) is 0 Å². The summed E-state index contributed by atoms with van der Waals surface area (Å²) in [6.45, 7) is 5.36. The molecule has 0 aromatic rings. The van der Waals surface area contributed by atoms with Gasteiger partial charge in [0.05, 0.1) is 13.2 Å². The second-order valence-corrected chi connectivity index (χ2v) is 2.72. The monoisotopic (exact) mass is 162 g/mol. The van der Waals surface area contributed by atoms with E-state index in [0.717, 1.165) is 0 Å². The van der Waals surface area contributed by atoms with Gasteiger partial charge in [-0.3, -0.25) is 5.43 Å². The molecule has 0 aliphatic heterocycles. The maximum atomic E-state index is 8.61. The van der Waals surface area contributed by atoms with Crippen molar-refractivity contribution in [3.05, 3.63) is 0 Å². The molecule has 4 heteroatoms. The van der Waals surface area contributed by atoms with Gasteiger partial charge in [-0.05, 0) is 13.8 Å². The normalized spacial score (nSPS) is 11.5. The van der Waals surface area contributed by atoms with Crippen molar-refractivity contribution in [1.29, 1.82) is 0 Å². The Morgan fingerprint density at radius 2 is 1.64 bits per heavy atom. The summed E-state index contributed by atoms with van der Waals surface area (Å²) in [5.74, 6) is 0. The van der Waals surface area contributed by atoms with E-state index < -0.39 is 0 Å². The van der Waals surface area contributed by atoms with Gasteiger partial charge in [0.15, 0.2) is 0 Å². The molecule has 0 aliphatic carbocycles. The number of aliphatic hydroxyl groups is 2. The SMILES string of the molecule is CC(C)NN(CCO)CCO. The summed E-state index contributed by atoms with van der Waals surface area (Å²) in [4.78, 5) is 0. The standard InChI is InChI=1S/C7H18N2O2/c1-7(2)8-9(3-5-10)4-6-11/h7-8,10-11H,3-6H2,1-2H3. The molecule has 68 valence electrons. The first-order valence-corrected chi connectivity index (χ1v) is 3.93. The molecule has 0 saturated carbocycles. The molecule has 0 bridgehead atoms. The largest absolute Gasteiger partial charge is 0.395 e. The van der Waals surface area contributed by atoms with Gasteiger partial charge in [-0.25, -0.2) is 5.01 Å². The number of nitrogens with one attached hydrogen (secondary N) is 1. The van der Waals surface area contributed by atoms with Crippen LogP contribution >= 0.6 is 0 Å². The number of aliphatic hydroxyl groups excluding tert-OH is 2. The maximum absolute atomic E-state index is 8.61. The van der Waals surface area contributed by atoms with Crippen LogP contribution in [0.1, 0.15) is 13.8 Å². The molecule has 0 unspecified atom stereocenters. The zero-order chi connectivity index (χ0) is 8.69. The summed E-state index contributed by atoms with van der Waals surface area (Å²) in [6.07, 6.45) is 0. The minimum absolute atomic E-state index is 0.111. The van der Waals surface area contributed by atoms with Crippen molar-refractivity contribution in [3.63, 3.8) is 0 Å². The summed E-state index contributed by atoms with van der Waals surface area (Å²) < 4.78 is 0. The first-order chi connectivity index (χ1) is 5.20. The van der Waals surface area contributed by atoms with Crippen LogP contribution in [0.15, 0.2) is 0 Å². The summed E-state index contributed by atoms with van der Waals surface area (Å²) in [6, 6.07) is 0.341. The lowest BCUT2D eigenvalue weighted by Crippen LogP contribution is -2.45. The number of nitrogens with zero attached hydrogens (tertiary/aromatic N) is 1. The van der Waals surface area contributed by atoms with Gasteiger partial charge in [0.1, 0.15) is 0 Å². The lowest BCUT2D eigenvalue weighted by atomic mass is 10.4. The van der Waals surface area contributed by atoms with E-state index in [0.29, 0.717) is 19.1 Å². The van der Waals surface area contributed by atoms with Crippen LogP contribution in [0.2, 0.25) is 0 Å². The van der Waals surface area contributed by atoms with Crippen LogP contribution in [0.5, 0.6) is 0 Å². The van der Waals surface area contributed by atoms with E-state index in [2.05, 4.69) is 5.43 Å². The average molecular weight is 162 g/mol. The first-order valence-electron chi connectivity index (χ1n) is 3.93. The van der Waals surface area contributed by atoms with Gasteiger partial charge >= 0.3 is 0 Å². The zero-order valence-electron chi connectivity index (χ0n) is 7.25. The summed E-state index contributed by atoms with van der Waals surface area (Å²) in [7, 11) is 0. The van der Waals surface area contributed by atoms with Gasteiger partial charge in [0.2, 0.25) is 0 Å². The zero-order valence-corrected chi connectivity index (χ0v) is 7.25. The van der Waals surface area contributed by atoms with E-state index >= 15 is 0 Å². The lowest BCUT2D eigenvalue weighted by molar-refractivity contribution is 0.104. The Morgan fingerprint density at radius 1 is 1.18 bits per heavy atom. The van der Waals surface area contributed by atoms with E-state index in [4.69, 9.17) is 10.2 Å². The first kappa shape index (κ1) is 10.8. The van der Waals surface area contributed by atoms with Crippen molar-refractivity contribution >= 4 is 0 Å². The lowest BCUT2D eigenvalue weighted by Gasteiger charge is -2.23. The highest BCUT2D eigenvalue weighted by Crippen LogP contribution is 1.84. The molecule has 0 atom stereocenters. The van der Waals surface area contributed by atoms with Gasteiger partial charge in [-0.15, -0.1) is 0 Å². The Balaban J connectivity index is 3.50. The summed E-state index contributed by atoms with van der Waals surface area (Å²) in [5, 5.41) is 19.0. The molecule has 11 heavy (non-hydrogen) atoms. The summed E-state index contributed by atoms with van der Waals surface area (Å²) in [5.41, 5.74) is 3.10. The van der Waals surface area contributed by atoms with E-state index in [1.165, 1.54) is 0 Å². The molecule has 0 saturated heterocycles. The third-order valence-corrected chi connectivity index (χ3v) is 1.18. The predicted octanol–water partition coefficient (Wildman–Crippen LogP) is -0.814. The average Bonchev–Trinajstić information content (AvgIpc) is 1.87. The van der Waals surface area contributed by atoms with E-state index in [9.17, 15) is 0 Å². The topological polar surface area (TPSA) is 55.7 Å². The number of hydrazine groups is 1. The second kappa shape index (κ2) is 6.54. The molecule has 0 amide bonds. The molecular weight excluding hydrogens is 144 g/mol. The van der Waals surface area contributed by atoms with Gasteiger partial charge in [-0.2, -0.15) is 0 Å². The summed E-state index contributed by atoms with van der Waals surface area (Å²) >= 11 is 0. The molecule has 0 aromatic heterocycles. The Labute approximate surface area is 67.8 Å². The smallest absolute Gasteiger partial charge is 0.0572 e. The van der Waals surface area contributed by atoms with Crippen molar-refractivity contribution in [2.75, 3.05) is 26.3 Å². The van der Waals surface area contributed by atoms with E-state index in [-0.39, 0.29) is 13.2 Å². The van der Waals surface area contributed by atoms with Crippen LogP contribution in [0.4, 0.5) is 0 Å². The van der Waals surface area contributed by atoms with Crippen molar-refractivity contribution in [1.82, 2.24) is 10.4 Å². The third-order valence-electron chi connectivity index (χ3n) is 1.18. The van der Waals surface area contributed by atoms with E-state index in [1.807, 2.05) is 18.9 Å². The Bertz CT molecular complexity index is 82.5. The van der Waals surface area contributed by atoms with Gasteiger partial charge in [0.25, 0.3) is 0 Å². The molecule has 0 heterocycles. The van der Waals surface area contributed by atoms with Crippen LogP contribution in [0.25, 0.3) is 0 Å². The molecule has 0 aliphatic rings. The van der Waals surface area contributed by atoms with Crippen molar-refractivity contribution in [2.24, 2.45) is 0 Å². The minimum Gasteiger partial charge on any atom is -0.395 e. The molecule has 4 nitrogen and oxygen atoms in total. The van der Waals surface area contributed by atoms with Crippen LogP contribution in [-0.4, -0.2) is 47.6 Å². The maximum Gasteiger partial charge on any atom is 0.0572 e. The van der Waals surface area contributed by atoms with Crippen molar-refractivity contribution in [2.45, 2.75) is 19.9 Å². The third kappa shape index (κ3) is 6.25. The minimum atomic E-state index is 0.111. The predicted molar refractivity (Wildman–Crippen MR) is 44.0 cm³/mol. The Kier molecular flexibility index (Phi) is 6.45. The van der Waals surface area contributed by atoms with Crippen molar-refractivity contribution in [3.8, 4) is 0 Å². The van der Waals surface area contributed by atoms with Gasteiger partial charge in [0, 0.05) is 19.1 Å². The van der Waals surface area contributed by atoms with Gasteiger partial charge < -0.3 is 10.2 Å². The Morgan fingerprint density at radius 3 is 1.91 bits per heavy atom. The fourth-order valence-electron chi connectivity index (χ4n) is 0.847. The van der Waals surface area contributed by atoms with Gasteiger partial charge in [-0.1, -0.05) is 0 Å².